The summed E-state index contributed by atoms with van der Waals surface area (Å²) in [5.41, 5.74) is 0. The van der Waals surface area contributed by atoms with Gasteiger partial charge < -0.3 is 0 Å². The van der Waals surface area contributed by atoms with Gasteiger partial charge in [-0.1, -0.05) is 48.1 Å². The molecule has 0 spiro atoms. The molecule has 0 nitrogen and oxygen atoms in total. The lowest BCUT2D eigenvalue weighted by Gasteiger charge is -1.77. The quantitative estimate of drug-likeness (QED) is 0.606. The van der Waals surface area contributed by atoms with Gasteiger partial charge >= 0.3 is 0 Å². The van der Waals surface area contributed by atoms with Crippen LogP contribution in [0, 0.1) is 0 Å². The summed E-state index contributed by atoms with van der Waals surface area (Å²) < 4.78 is -0.750. The van der Waals surface area contributed by atoms with Crippen molar-refractivity contribution >= 4 is 46.4 Å². The first-order valence-electron chi connectivity index (χ1n) is 2.63. The summed E-state index contributed by atoms with van der Waals surface area (Å²) in [6.07, 6.45) is 2.37. The minimum atomic E-state index is -0.750. The lowest BCUT2D eigenvalue weighted by molar-refractivity contribution is 0.892. The molecule has 0 aliphatic carbocycles. The Bertz CT molecular complexity index is 33.2. The lowest BCUT2D eigenvalue weighted by atomic mass is 10.4. The summed E-state index contributed by atoms with van der Waals surface area (Å²) in [7, 11) is 0. The average Bonchev–Trinajstić information content (AvgIpc) is 1.66. The lowest BCUT2D eigenvalue weighted by Crippen LogP contribution is -1.65. The second-order valence-electron chi connectivity index (χ2n) is 1.29. The van der Waals surface area contributed by atoms with Crippen molar-refractivity contribution in [3.8, 4) is 0 Å². The smallest absolute Gasteiger partial charge is 0.127 e. The first kappa shape index (κ1) is 12.8. The van der Waals surface area contributed by atoms with Crippen LogP contribution >= 0.6 is 46.4 Å². The molecule has 58 valence electrons. The standard InChI is InChI=1S/C4H9Cl.CHCl3/c1-2-3-4-5;2-1(3)4/h2-4H2,1H3;1H. The molecule has 0 aromatic carbocycles. The van der Waals surface area contributed by atoms with Crippen molar-refractivity contribution in [3.05, 3.63) is 0 Å². The Labute approximate surface area is 76.4 Å². The first-order valence-corrected chi connectivity index (χ1v) is 4.47. The molecule has 0 radical (unpaired) electrons. The second-order valence-corrected chi connectivity index (χ2v) is 3.65. The highest BCUT2D eigenvalue weighted by Crippen LogP contribution is 2.03. The summed E-state index contributed by atoms with van der Waals surface area (Å²) in [5, 5.41) is 0. The third kappa shape index (κ3) is 47.0. The van der Waals surface area contributed by atoms with Gasteiger partial charge in [-0.25, -0.2) is 0 Å². The van der Waals surface area contributed by atoms with Crippen LogP contribution in [-0.4, -0.2) is 10.2 Å². The van der Waals surface area contributed by atoms with Crippen LogP contribution in [0.1, 0.15) is 19.8 Å². The molecule has 0 bridgehead atoms. The van der Waals surface area contributed by atoms with Crippen molar-refractivity contribution in [2.45, 2.75) is 24.1 Å². The molecule has 0 saturated heterocycles. The Morgan fingerprint density at radius 1 is 1.22 bits per heavy atom. The van der Waals surface area contributed by atoms with Gasteiger partial charge in [0, 0.05) is 5.88 Å². The van der Waals surface area contributed by atoms with E-state index in [0.29, 0.717) is 0 Å². The Morgan fingerprint density at radius 2 is 1.56 bits per heavy atom. The van der Waals surface area contributed by atoms with E-state index >= 15 is 0 Å². The molecule has 4 heteroatoms. The number of rotatable bonds is 2. The molecule has 0 unspecified atom stereocenters. The van der Waals surface area contributed by atoms with Gasteiger partial charge in [0.25, 0.3) is 0 Å². The Balaban J connectivity index is 0. The molecule has 0 N–H and O–H groups in total. The third-order valence-electron chi connectivity index (χ3n) is 0.487. The summed E-state index contributed by atoms with van der Waals surface area (Å²) in [6, 6.07) is 0. The molecular weight excluding hydrogens is 202 g/mol. The molecule has 0 aliphatic heterocycles. The van der Waals surface area contributed by atoms with E-state index in [1.54, 1.807) is 0 Å². The van der Waals surface area contributed by atoms with Crippen LogP contribution in [0.5, 0.6) is 0 Å². The van der Waals surface area contributed by atoms with Gasteiger partial charge in [0.1, 0.15) is 0 Å². The topological polar surface area (TPSA) is 0 Å². The van der Waals surface area contributed by atoms with Gasteiger partial charge in [0.2, 0.25) is 0 Å². The summed E-state index contributed by atoms with van der Waals surface area (Å²) >= 11 is 19.7. The number of halogens is 4. The maximum absolute atomic E-state index is 5.30. The zero-order valence-electron chi connectivity index (χ0n) is 5.21. The van der Waals surface area contributed by atoms with E-state index in [2.05, 4.69) is 6.92 Å². The van der Waals surface area contributed by atoms with Crippen molar-refractivity contribution in [3.63, 3.8) is 0 Å². The van der Waals surface area contributed by atoms with Crippen LogP contribution in [0.2, 0.25) is 0 Å². The maximum Gasteiger partial charge on any atom is 0.180 e. The van der Waals surface area contributed by atoms with Gasteiger partial charge in [0.05, 0.1) is 0 Å². The Hall–Kier alpha value is 1.16. The Kier molecular flexibility index (Phi) is 16.9. The minimum absolute atomic E-state index is 0.750. The highest BCUT2D eigenvalue weighted by molar-refractivity contribution is 6.63. The molecule has 0 heterocycles. The van der Waals surface area contributed by atoms with Crippen molar-refractivity contribution in [1.82, 2.24) is 0 Å². The fraction of sp³-hybridized carbons (Fsp3) is 1.00. The van der Waals surface area contributed by atoms with E-state index in [-0.39, 0.29) is 0 Å². The predicted molar refractivity (Wildman–Crippen MR) is 47.0 cm³/mol. The van der Waals surface area contributed by atoms with Crippen LogP contribution in [0.25, 0.3) is 0 Å². The van der Waals surface area contributed by atoms with E-state index < -0.39 is 4.30 Å². The number of alkyl halides is 4. The molecule has 0 rings (SSSR count). The number of unbranched alkanes of at least 4 members (excludes halogenated alkanes) is 1. The van der Waals surface area contributed by atoms with Gasteiger partial charge in [-0.05, 0) is 6.42 Å². The molecule has 9 heavy (non-hydrogen) atoms. The Morgan fingerprint density at radius 3 is 1.56 bits per heavy atom. The maximum atomic E-state index is 5.30. The number of hydrogen-bond donors (Lipinski definition) is 0. The molecule has 0 amide bonds. The third-order valence-corrected chi connectivity index (χ3v) is 0.754. The monoisotopic (exact) mass is 210 g/mol. The van der Waals surface area contributed by atoms with Gasteiger partial charge in [-0.3, -0.25) is 0 Å². The molecular formula is C5H10Cl4. The fourth-order valence-electron chi connectivity index (χ4n) is 0.134. The minimum Gasteiger partial charge on any atom is -0.127 e. The highest BCUT2D eigenvalue weighted by atomic mass is 35.6. The molecule has 0 aliphatic rings. The van der Waals surface area contributed by atoms with Crippen LogP contribution in [0.15, 0.2) is 0 Å². The van der Waals surface area contributed by atoms with Gasteiger partial charge in [-0.2, -0.15) is 0 Å². The van der Waals surface area contributed by atoms with E-state index in [0.717, 1.165) is 12.3 Å². The summed E-state index contributed by atoms with van der Waals surface area (Å²) in [6.45, 7) is 2.13. The molecule has 0 fully saturated rings. The second kappa shape index (κ2) is 11.9. The fourth-order valence-corrected chi connectivity index (χ4v) is 0.401. The largest absolute Gasteiger partial charge is 0.180 e. The zero-order chi connectivity index (χ0) is 7.70. The van der Waals surface area contributed by atoms with Crippen molar-refractivity contribution in [2.75, 3.05) is 5.88 Å². The van der Waals surface area contributed by atoms with Crippen LogP contribution in [0.3, 0.4) is 0 Å². The van der Waals surface area contributed by atoms with Crippen LogP contribution < -0.4 is 0 Å². The number of hydrogen-bond acceptors (Lipinski definition) is 0. The van der Waals surface area contributed by atoms with Crippen molar-refractivity contribution in [2.24, 2.45) is 0 Å². The summed E-state index contributed by atoms with van der Waals surface area (Å²) in [5.74, 6) is 0.816. The molecule has 0 aromatic rings. The zero-order valence-corrected chi connectivity index (χ0v) is 8.23. The SMILES string of the molecule is CCCCCl.ClC(Cl)Cl. The van der Waals surface area contributed by atoms with Crippen LogP contribution in [-0.2, 0) is 0 Å². The highest BCUT2D eigenvalue weighted by Gasteiger charge is 1.78. The summed E-state index contributed by atoms with van der Waals surface area (Å²) in [4.78, 5) is 0. The van der Waals surface area contributed by atoms with Gasteiger partial charge in [0.15, 0.2) is 4.30 Å². The van der Waals surface area contributed by atoms with Crippen molar-refractivity contribution < 1.29 is 0 Å². The van der Waals surface area contributed by atoms with E-state index in [9.17, 15) is 0 Å². The van der Waals surface area contributed by atoms with E-state index in [1.807, 2.05) is 0 Å². The predicted octanol–water partition coefficient (Wildman–Crippen LogP) is 4.01. The first-order chi connectivity index (χ1) is 4.15. The van der Waals surface area contributed by atoms with E-state index in [4.69, 9.17) is 46.4 Å². The van der Waals surface area contributed by atoms with Crippen LogP contribution in [0.4, 0.5) is 0 Å². The average molecular weight is 212 g/mol. The molecule has 0 aromatic heterocycles. The van der Waals surface area contributed by atoms with E-state index in [1.165, 1.54) is 6.42 Å². The normalized spacial score (nSPS) is 8.67. The molecule has 0 saturated carbocycles. The van der Waals surface area contributed by atoms with Crippen molar-refractivity contribution in [1.29, 1.82) is 0 Å². The van der Waals surface area contributed by atoms with Gasteiger partial charge in [-0.15, -0.1) is 11.6 Å². The molecule has 0 atom stereocenters.